The molecule has 0 aliphatic heterocycles. The number of hydrogen-bond donors (Lipinski definition) is 0. The quantitative estimate of drug-likeness (QED) is 0.691. The fourth-order valence-electron chi connectivity index (χ4n) is 2.33. The Bertz CT molecular complexity index is 315. The molecule has 0 heterocycles. The van der Waals surface area contributed by atoms with Gasteiger partial charge in [-0.25, -0.2) is 0 Å². The van der Waals surface area contributed by atoms with Gasteiger partial charge in [-0.2, -0.15) is 0 Å². The molecule has 0 N–H and O–H groups in total. The third-order valence-corrected chi connectivity index (χ3v) is 3.81. The van der Waals surface area contributed by atoms with Crippen molar-refractivity contribution in [3.8, 4) is 0 Å². The van der Waals surface area contributed by atoms with Gasteiger partial charge >= 0.3 is 0 Å². The lowest BCUT2D eigenvalue weighted by atomic mass is 9.90. The molecule has 1 heteroatoms. The van der Waals surface area contributed by atoms with Crippen molar-refractivity contribution in [1.29, 1.82) is 0 Å². The van der Waals surface area contributed by atoms with Crippen molar-refractivity contribution >= 4 is 15.9 Å². The Hall–Kier alpha value is -0.300. The molecule has 0 radical (unpaired) electrons. The molecule has 1 aliphatic rings. The monoisotopic (exact) mass is 238 g/mol. The van der Waals surface area contributed by atoms with Crippen molar-refractivity contribution in [3.63, 3.8) is 0 Å². The van der Waals surface area contributed by atoms with E-state index < -0.39 is 0 Å². The summed E-state index contributed by atoms with van der Waals surface area (Å²) in [7, 11) is 0. The first kappa shape index (κ1) is 9.26. The highest BCUT2D eigenvalue weighted by molar-refractivity contribution is 9.10. The van der Waals surface area contributed by atoms with Crippen molar-refractivity contribution in [3.05, 3.63) is 33.8 Å². The van der Waals surface area contributed by atoms with E-state index in [4.69, 9.17) is 0 Å². The molecule has 1 aromatic rings. The van der Waals surface area contributed by atoms with E-state index in [1.807, 2.05) is 0 Å². The summed E-state index contributed by atoms with van der Waals surface area (Å²) in [6.07, 6.45) is 2.58. The van der Waals surface area contributed by atoms with E-state index in [0.29, 0.717) is 0 Å². The van der Waals surface area contributed by atoms with Gasteiger partial charge in [0.25, 0.3) is 0 Å². The van der Waals surface area contributed by atoms with Crippen molar-refractivity contribution in [1.82, 2.24) is 0 Å². The van der Waals surface area contributed by atoms with E-state index >= 15 is 0 Å². The second-order valence-corrected chi connectivity index (χ2v) is 5.05. The molecule has 1 unspecified atom stereocenters. The normalized spacial score (nSPS) is 20.8. The van der Waals surface area contributed by atoms with Gasteiger partial charge in [-0.3, -0.25) is 0 Å². The number of halogens is 1. The molecular formula is C12H15Br. The van der Waals surface area contributed by atoms with Crippen LogP contribution in [-0.4, -0.2) is 0 Å². The third-order valence-electron chi connectivity index (χ3n) is 3.06. The zero-order valence-corrected chi connectivity index (χ0v) is 9.76. The molecule has 0 amide bonds. The van der Waals surface area contributed by atoms with E-state index in [9.17, 15) is 0 Å². The number of fused-ring (bicyclic) bond motifs is 1. The molecular weight excluding hydrogens is 224 g/mol. The summed E-state index contributed by atoms with van der Waals surface area (Å²) in [5.74, 6) is 1.56. The van der Waals surface area contributed by atoms with Crippen LogP contribution in [0.2, 0.25) is 0 Å². The van der Waals surface area contributed by atoms with Crippen LogP contribution in [-0.2, 0) is 6.42 Å². The minimum Gasteiger partial charge on any atom is -0.0622 e. The summed E-state index contributed by atoms with van der Waals surface area (Å²) in [6, 6.07) is 6.60. The Kier molecular flexibility index (Phi) is 2.46. The molecule has 0 spiro atoms. The van der Waals surface area contributed by atoms with Gasteiger partial charge < -0.3 is 0 Å². The minimum absolute atomic E-state index is 0.774. The molecule has 0 saturated heterocycles. The third kappa shape index (κ3) is 1.54. The lowest BCUT2D eigenvalue weighted by Gasteiger charge is -2.15. The van der Waals surface area contributed by atoms with Crippen LogP contribution >= 0.6 is 15.9 Å². The second-order valence-electron chi connectivity index (χ2n) is 4.20. The van der Waals surface area contributed by atoms with Gasteiger partial charge in [0, 0.05) is 4.47 Å². The molecule has 1 aromatic carbocycles. The van der Waals surface area contributed by atoms with E-state index in [-0.39, 0.29) is 0 Å². The molecule has 0 fully saturated rings. The minimum atomic E-state index is 0.774. The molecule has 0 saturated carbocycles. The fraction of sp³-hybridized carbons (Fsp3) is 0.500. The Morgan fingerprint density at radius 3 is 2.85 bits per heavy atom. The van der Waals surface area contributed by atoms with Gasteiger partial charge in [-0.1, -0.05) is 41.9 Å². The maximum atomic E-state index is 3.62. The summed E-state index contributed by atoms with van der Waals surface area (Å²) in [5.41, 5.74) is 3.12. The smallest absolute Gasteiger partial charge is 0.0210 e. The molecule has 2 rings (SSSR count). The summed E-state index contributed by atoms with van der Waals surface area (Å²) in [4.78, 5) is 0. The highest BCUT2D eigenvalue weighted by atomic mass is 79.9. The van der Waals surface area contributed by atoms with Gasteiger partial charge in [-0.15, -0.1) is 0 Å². The Morgan fingerprint density at radius 1 is 1.38 bits per heavy atom. The molecule has 0 bridgehead atoms. The van der Waals surface area contributed by atoms with Gasteiger partial charge in [0.05, 0.1) is 0 Å². The van der Waals surface area contributed by atoms with Crippen LogP contribution in [0.1, 0.15) is 37.3 Å². The van der Waals surface area contributed by atoms with E-state index in [1.54, 1.807) is 11.1 Å². The standard InChI is InChI=1S/C12H15Br/c1-8(2)9-6-7-11-10(9)4-3-5-12(11)13/h3-5,8-9H,6-7H2,1-2H3. The van der Waals surface area contributed by atoms with E-state index in [1.165, 1.54) is 17.3 Å². The molecule has 70 valence electrons. The van der Waals surface area contributed by atoms with Crippen LogP contribution in [0.25, 0.3) is 0 Å². The largest absolute Gasteiger partial charge is 0.0622 e. The maximum Gasteiger partial charge on any atom is 0.0210 e. The summed E-state index contributed by atoms with van der Waals surface area (Å²) in [6.45, 7) is 4.64. The van der Waals surface area contributed by atoms with E-state index in [0.717, 1.165) is 11.8 Å². The first-order valence-corrected chi connectivity index (χ1v) is 5.76. The number of benzene rings is 1. The maximum absolute atomic E-state index is 3.62. The topological polar surface area (TPSA) is 0 Å². The van der Waals surface area contributed by atoms with Crippen LogP contribution < -0.4 is 0 Å². The second kappa shape index (κ2) is 3.45. The average Bonchev–Trinajstić information content (AvgIpc) is 2.48. The molecule has 1 aliphatic carbocycles. The first-order chi connectivity index (χ1) is 6.20. The van der Waals surface area contributed by atoms with Gasteiger partial charge in [0.1, 0.15) is 0 Å². The summed E-state index contributed by atoms with van der Waals surface area (Å²) >= 11 is 3.62. The summed E-state index contributed by atoms with van der Waals surface area (Å²) in [5, 5.41) is 0. The SMILES string of the molecule is CC(C)C1CCc2c(Br)cccc21. The molecule has 0 aromatic heterocycles. The predicted molar refractivity (Wildman–Crippen MR) is 60.0 cm³/mol. The van der Waals surface area contributed by atoms with Crippen LogP contribution in [0.4, 0.5) is 0 Å². The zero-order chi connectivity index (χ0) is 9.42. The lowest BCUT2D eigenvalue weighted by Crippen LogP contribution is -2.01. The highest BCUT2D eigenvalue weighted by Crippen LogP contribution is 2.40. The van der Waals surface area contributed by atoms with Gasteiger partial charge in [0.2, 0.25) is 0 Å². The van der Waals surface area contributed by atoms with Crippen molar-refractivity contribution in [2.45, 2.75) is 32.6 Å². The zero-order valence-electron chi connectivity index (χ0n) is 8.18. The number of hydrogen-bond acceptors (Lipinski definition) is 0. The van der Waals surface area contributed by atoms with Gasteiger partial charge in [0.15, 0.2) is 0 Å². The molecule has 13 heavy (non-hydrogen) atoms. The highest BCUT2D eigenvalue weighted by Gasteiger charge is 2.25. The lowest BCUT2D eigenvalue weighted by molar-refractivity contribution is 0.496. The van der Waals surface area contributed by atoms with Crippen LogP contribution in [0.3, 0.4) is 0 Å². The predicted octanol–water partition coefficient (Wildman–Crippen LogP) is 4.13. The van der Waals surface area contributed by atoms with Crippen molar-refractivity contribution in [2.24, 2.45) is 5.92 Å². The van der Waals surface area contributed by atoms with Gasteiger partial charge in [-0.05, 0) is 41.9 Å². The summed E-state index contributed by atoms with van der Waals surface area (Å²) < 4.78 is 1.30. The molecule has 0 nitrogen and oxygen atoms in total. The Labute approximate surface area is 88.5 Å². The first-order valence-electron chi connectivity index (χ1n) is 4.97. The Morgan fingerprint density at radius 2 is 2.15 bits per heavy atom. The Balaban J connectivity index is 2.43. The average molecular weight is 239 g/mol. The van der Waals surface area contributed by atoms with Crippen molar-refractivity contribution in [2.75, 3.05) is 0 Å². The van der Waals surface area contributed by atoms with Crippen molar-refractivity contribution < 1.29 is 0 Å². The fourth-order valence-corrected chi connectivity index (χ4v) is 2.91. The molecule has 1 atom stereocenters. The van der Waals surface area contributed by atoms with Crippen LogP contribution in [0, 0.1) is 5.92 Å². The van der Waals surface area contributed by atoms with Crippen LogP contribution in [0.15, 0.2) is 22.7 Å². The van der Waals surface area contributed by atoms with E-state index in [2.05, 4.69) is 48.0 Å². The van der Waals surface area contributed by atoms with Crippen LogP contribution in [0.5, 0.6) is 0 Å². The number of rotatable bonds is 1.